The van der Waals surface area contributed by atoms with Crippen molar-refractivity contribution < 1.29 is 19.4 Å². The molecule has 1 aromatic heterocycles. The summed E-state index contributed by atoms with van der Waals surface area (Å²) < 4.78 is 7.30. The zero-order valence-corrected chi connectivity index (χ0v) is 13.5. The first-order chi connectivity index (χ1) is 11.6. The van der Waals surface area contributed by atoms with Crippen LogP contribution in [0.25, 0.3) is 11.3 Å². The van der Waals surface area contributed by atoms with Gasteiger partial charge in [0.2, 0.25) is 0 Å². The molecule has 0 radical (unpaired) electrons. The molecule has 3 rings (SSSR count). The Hall–Kier alpha value is -2.60. The maximum Gasteiger partial charge on any atom is 0.306 e. The van der Waals surface area contributed by atoms with Crippen LogP contribution in [0.2, 0.25) is 0 Å². The lowest BCUT2D eigenvalue weighted by molar-refractivity contribution is -0.141. The fourth-order valence-electron chi connectivity index (χ4n) is 3.01. The molecule has 0 saturated carbocycles. The van der Waals surface area contributed by atoms with Crippen LogP contribution in [0.4, 0.5) is 0 Å². The molecular formula is C18H20N2O4. The smallest absolute Gasteiger partial charge is 0.306 e. The van der Waals surface area contributed by atoms with E-state index in [-0.39, 0.29) is 12.3 Å². The van der Waals surface area contributed by atoms with Gasteiger partial charge < -0.3 is 19.3 Å². The maximum atomic E-state index is 12.8. The summed E-state index contributed by atoms with van der Waals surface area (Å²) in [4.78, 5) is 25.3. The molecule has 6 nitrogen and oxygen atoms in total. The van der Waals surface area contributed by atoms with Crippen molar-refractivity contribution in [2.75, 3.05) is 19.7 Å². The number of morpholine rings is 1. The molecule has 6 heteroatoms. The highest BCUT2D eigenvalue weighted by Crippen LogP contribution is 2.22. The number of nitrogens with zero attached hydrogens (tertiary/aromatic N) is 2. The SMILES string of the molecule is Cn1c(C(=O)N2CCO[C@H](CC(=O)O)C2)ccc1-c1ccccc1. The standard InChI is InChI=1S/C18H20N2O4/c1-19-15(13-5-3-2-4-6-13)7-8-16(19)18(23)20-9-10-24-14(12-20)11-17(21)22/h2-8,14H,9-12H2,1H3,(H,21,22)/t14-/m1/s1. The van der Waals surface area contributed by atoms with Gasteiger partial charge in [0.05, 0.1) is 19.1 Å². The number of carbonyl (C=O) groups is 2. The zero-order valence-electron chi connectivity index (χ0n) is 13.5. The minimum Gasteiger partial charge on any atom is -0.481 e. The molecule has 2 heterocycles. The summed E-state index contributed by atoms with van der Waals surface area (Å²) in [5, 5.41) is 8.89. The van der Waals surface area contributed by atoms with Gasteiger partial charge in [0, 0.05) is 25.8 Å². The number of hydrogen-bond donors (Lipinski definition) is 1. The van der Waals surface area contributed by atoms with E-state index in [0.717, 1.165) is 11.3 Å². The number of amides is 1. The van der Waals surface area contributed by atoms with Gasteiger partial charge in [0.25, 0.3) is 5.91 Å². The summed E-state index contributed by atoms with van der Waals surface area (Å²) in [5.41, 5.74) is 2.60. The van der Waals surface area contributed by atoms with E-state index in [4.69, 9.17) is 9.84 Å². The van der Waals surface area contributed by atoms with Crippen LogP contribution in [0.5, 0.6) is 0 Å². The molecule has 0 bridgehead atoms. The quantitative estimate of drug-likeness (QED) is 0.932. The second-order valence-electron chi connectivity index (χ2n) is 5.87. The highest BCUT2D eigenvalue weighted by Gasteiger charge is 2.28. The zero-order chi connectivity index (χ0) is 17.1. The lowest BCUT2D eigenvalue weighted by Gasteiger charge is -2.32. The third-order valence-corrected chi connectivity index (χ3v) is 4.24. The number of benzene rings is 1. The van der Waals surface area contributed by atoms with Gasteiger partial charge >= 0.3 is 5.97 Å². The minimum absolute atomic E-state index is 0.0911. The number of aliphatic carboxylic acids is 1. The molecule has 1 aliphatic rings. The van der Waals surface area contributed by atoms with E-state index in [1.165, 1.54) is 0 Å². The summed E-state index contributed by atoms with van der Waals surface area (Å²) in [6.45, 7) is 1.14. The number of hydrogen-bond acceptors (Lipinski definition) is 3. The molecule has 1 fully saturated rings. The van der Waals surface area contributed by atoms with Crippen LogP contribution in [-0.4, -0.2) is 52.3 Å². The first-order valence-corrected chi connectivity index (χ1v) is 7.90. The Bertz CT molecular complexity index is 739. The van der Waals surface area contributed by atoms with E-state index < -0.39 is 12.1 Å². The first kappa shape index (κ1) is 16.3. The van der Waals surface area contributed by atoms with Crippen molar-refractivity contribution in [2.45, 2.75) is 12.5 Å². The summed E-state index contributed by atoms with van der Waals surface area (Å²) in [5.74, 6) is -1.02. The van der Waals surface area contributed by atoms with Gasteiger partial charge in [-0.3, -0.25) is 9.59 Å². The Kier molecular flexibility index (Phi) is 4.66. The summed E-state index contributed by atoms with van der Waals surface area (Å²) in [7, 11) is 1.87. The maximum absolute atomic E-state index is 12.8. The number of carboxylic acids is 1. The number of aromatic nitrogens is 1. The van der Waals surface area contributed by atoms with Gasteiger partial charge in [0.15, 0.2) is 0 Å². The molecule has 1 saturated heterocycles. The third-order valence-electron chi connectivity index (χ3n) is 4.24. The van der Waals surface area contributed by atoms with Gasteiger partial charge in [-0.15, -0.1) is 0 Å². The molecule has 1 atom stereocenters. The van der Waals surface area contributed by atoms with Gasteiger partial charge in [-0.1, -0.05) is 30.3 Å². The molecule has 1 N–H and O–H groups in total. The van der Waals surface area contributed by atoms with Crippen LogP contribution in [0.1, 0.15) is 16.9 Å². The molecule has 24 heavy (non-hydrogen) atoms. The van der Waals surface area contributed by atoms with Crippen LogP contribution >= 0.6 is 0 Å². The molecule has 2 aromatic rings. The number of carbonyl (C=O) groups excluding carboxylic acids is 1. The fraction of sp³-hybridized carbons (Fsp3) is 0.333. The average Bonchev–Trinajstić information content (AvgIpc) is 2.96. The van der Waals surface area contributed by atoms with Crippen LogP contribution in [-0.2, 0) is 16.6 Å². The molecule has 0 aliphatic carbocycles. The van der Waals surface area contributed by atoms with Gasteiger partial charge in [-0.2, -0.15) is 0 Å². The predicted molar refractivity (Wildman–Crippen MR) is 88.7 cm³/mol. The molecule has 0 unspecified atom stereocenters. The van der Waals surface area contributed by atoms with Crippen LogP contribution in [0, 0.1) is 0 Å². The Balaban J connectivity index is 1.78. The molecule has 0 spiro atoms. The monoisotopic (exact) mass is 328 g/mol. The number of rotatable bonds is 4. The molecule has 126 valence electrons. The van der Waals surface area contributed by atoms with Gasteiger partial charge in [0.1, 0.15) is 5.69 Å². The first-order valence-electron chi connectivity index (χ1n) is 7.90. The van der Waals surface area contributed by atoms with Crippen molar-refractivity contribution in [3.63, 3.8) is 0 Å². The Labute approximate surface area is 140 Å². The van der Waals surface area contributed by atoms with Gasteiger partial charge in [-0.05, 0) is 17.7 Å². The average molecular weight is 328 g/mol. The fourth-order valence-corrected chi connectivity index (χ4v) is 3.01. The molecular weight excluding hydrogens is 308 g/mol. The van der Waals surface area contributed by atoms with Gasteiger partial charge in [-0.25, -0.2) is 0 Å². The van der Waals surface area contributed by atoms with Crippen molar-refractivity contribution in [3.8, 4) is 11.3 Å². The second kappa shape index (κ2) is 6.88. The predicted octanol–water partition coefficient (Wildman–Crippen LogP) is 2.01. The van der Waals surface area contributed by atoms with Crippen molar-refractivity contribution >= 4 is 11.9 Å². The number of carboxylic acid groups (broad SMARTS) is 1. The summed E-state index contributed by atoms with van der Waals surface area (Å²) >= 11 is 0. The Morgan fingerprint density at radius 1 is 1.21 bits per heavy atom. The number of ether oxygens (including phenoxy) is 1. The van der Waals surface area contributed by atoms with Crippen molar-refractivity contribution in [3.05, 3.63) is 48.2 Å². The van der Waals surface area contributed by atoms with E-state index in [0.29, 0.717) is 25.4 Å². The Morgan fingerprint density at radius 3 is 2.67 bits per heavy atom. The van der Waals surface area contributed by atoms with Crippen molar-refractivity contribution in [1.29, 1.82) is 0 Å². The largest absolute Gasteiger partial charge is 0.481 e. The van der Waals surface area contributed by atoms with Crippen molar-refractivity contribution in [1.82, 2.24) is 9.47 Å². The van der Waals surface area contributed by atoms with E-state index in [9.17, 15) is 9.59 Å². The normalized spacial score (nSPS) is 17.7. The molecule has 1 aromatic carbocycles. The highest BCUT2D eigenvalue weighted by molar-refractivity contribution is 5.94. The van der Waals surface area contributed by atoms with Crippen LogP contribution < -0.4 is 0 Å². The van der Waals surface area contributed by atoms with E-state index in [1.54, 1.807) is 4.90 Å². The van der Waals surface area contributed by atoms with E-state index >= 15 is 0 Å². The minimum atomic E-state index is -0.917. The van der Waals surface area contributed by atoms with Crippen LogP contribution in [0.15, 0.2) is 42.5 Å². The lowest BCUT2D eigenvalue weighted by Crippen LogP contribution is -2.46. The summed E-state index contributed by atoms with van der Waals surface area (Å²) in [6.07, 6.45) is -0.541. The highest BCUT2D eigenvalue weighted by atomic mass is 16.5. The molecule has 1 amide bonds. The van der Waals surface area contributed by atoms with Crippen molar-refractivity contribution in [2.24, 2.45) is 7.05 Å². The lowest BCUT2D eigenvalue weighted by atomic mass is 10.2. The van der Waals surface area contributed by atoms with Crippen LogP contribution in [0.3, 0.4) is 0 Å². The summed E-state index contributed by atoms with van der Waals surface area (Å²) in [6, 6.07) is 13.6. The van der Waals surface area contributed by atoms with E-state index in [2.05, 4.69) is 0 Å². The molecule has 1 aliphatic heterocycles. The second-order valence-corrected chi connectivity index (χ2v) is 5.87. The Morgan fingerprint density at radius 2 is 1.96 bits per heavy atom. The topological polar surface area (TPSA) is 71.8 Å². The third kappa shape index (κ3) is 3.33. The van der Waals surface area contributed by atoms with E-state index in [1.807, 2.05) is 54.1 Å².